The molecule has 14 nitrogen and oxygen atoms in total. The lowest BCUT2D eigenvalue weighted by molar-refractivity contribution is -0.145. The molecule has 0 aromatic heterocycles. The minimum atomic E-state index is -1.28. The second-order valence-electron chi connectivity index (χ2n) is 6.12. The Morgan fingerprint density at radius 2 is 0.931 bits per heavy atom. The van der Waals surface area contributed by atoms with Gasteiger partial charge in [-0.05, 0) is 0 Å². The predicted octanol–water partition coefficient (Wildman–Crippen LogP) is -3.36. The van der Waals surface area contributed by atoms with Gasteiger partial charge in [0.1, 0.15) is 6.04 Å². The summed E-state index contributed by atoms with van der Waals surface area (Å²) >= 11 is 0. The predicted molar refractivity (Wildman–Crippen MR) is 95.5 cm³/mol. The zero-order chi connectivity index (χ0) is 22.6. The van der Waals surface area contributed by atoms with E-state index in [0.29, 0.717) is 0 Å². The average molecular weight is 422 g/mol. The van der Waals surface area contributed by atoms with Crippen LogP contribution in [0.3, 0.4) is 0 Å². The lowest BCUT2D eigenvalue weighted by Gasteiger charge is -2.31. The van der Waals surface area contributed by atoms with Crippen LogP contribution in [0.15, 0.2) is 0 Å². The highest BCUT2D eigenvalue weighted by molar-refractivity contribution is 5.74. The molecular formula is C15H26N4O10. The normalized spacial score (nSPS) is 12.3. The summed E-state index contributed by atoms with van der Waals surface area (Å²) in [7, 11) is 0. The van der Waals surface area contributed by atoms with Crippen molar-refractivity contribution in [3.63, 3.8) is 0 Å². The highest BCUT2D eigenvalue weighted by Crippen LogP contribution is 2.03. The molecule has 0 saturated heterocycles. The van der Waals surface area contributed by atoms with Crippen molar-refractivity contribution in [3.05, 3.63) is 0 Å². The zero-order valence-electron chi connectivity index (χ0n) is 15.6. The molecule has 0 aromatic carbocycles. The van der Waals surface area contributed by atoms with Crippen LogP contribution in [-0.2, 0) is 24.0 Å². The monoisotopic (exact) mass is 422 g/mol. The quantitative estimate of drug-likeness (QED) is 0.135. The molecule has 0 rings (SSSR count). The minimum absolute atomic E-state index is 0.0806. The fourth-order valence-electron chi connectivity index (χ4n) is 2.56. The van der Waals surface area contributed by atoms with Crippen molar-refractivity contribution in [2.24, 2.45) is 5.73 Å². The van der Waals surface area contributed by atoms with Crippen LogP contribution in [-0.4, -0.2) is 135 Å². The first-order valence-electron chi connectivity index (χ1n) is 8.45. The first kappa shape index (κ1) is 26.2. The standard InChI is InChI=1S/C15H26N4O10/c16-5-10(15(28)29)19(3-1-17(6-11(20)21)7-12(22)23)4-2-18(8-13(24)25)9-14(26)27/h10H,1-9,16H2,(H,20,21)(H,22,23)(H,24,25)(H,26,27)(H,28,29). The lowest BCUT2D eigenvalue weighted by atomic mass is 10.2. The molecule has 1 atom stereocenters. The second-order valence-corrected chi connectivity index (χ2v) is 6.12. The van der Waals surface area contributed by atoms with E-state index in [-0.39, 0.29) is 32.7 Å². The third-order valence-corrected chi connectivity index (χ3v) is 3.79. The van der Waals surface area contributed by atoms with Gasteiger partial charge in [0.2, 0.25) is 0 Å². The number of hydrogen-bond acceptors (Lipinski definition) is 9. The van der Waals surface area contributed by atoms with Gasteiger partial charge in [0, 0.05) is 32.7 Å². The van der Waals surface area contributed by atoms with Crippen molar-refractivity contribution in [1.82, 2.24) is 14.7 Å². The van der Waals surface area contributed by atoms with Crippen LogP contribution in [0.5, 0.6) is 0 Å². The molecule has 0 aliphatic rings. The molecule has 0 fully saturated rings. The Morgan fingerprint density at radius 3 is 1.14 bits per heavy atom. The molecule has 0 spiro atoms. The molecule has 166 valence electrons. The summed E-state index contributed by atoms with van der Waals surface area (Å²) in [6, 6.07) is -1.21. The van der Waals surface area contributed by atoms with E-state index in [9.17, 15) is 29.1 Å². The summed E-state index contributed by atoms with van der Waals surface area (Å²) < 4.78 is 0. The van der Waals surface area contributed by atoms with Crippen molar-refractivity contribution in [2.45, 2.75) is 6.04 Å². The van der Waals surface area contributed by atoms with E-state index in [4.69, 9.17) is 26.2 Å². The van der Waals surface area contributed by atoms with Gasteiger partial charge in [-0.15, -0.1) is 0 Å². The third-order valence-electron chi connectivity index (χ3n) is 3.79. The van der Waals surface area contributed by atoms with Crippen LogP contribution < -0.4 is 5.73 Å². The van der Waals surface area contributed by atoms with E-state index in [0.717, 1.165) is 9.80 Å². The highest BCUT2D eigenvalue weighted by Gasteiger charge is 2.26. The van der Waals surface area contributed by atoms with Crippen LogP contribution in [0.4, 0.5) is 0 Å². The van der Waals surface area contributed by atoms with Crippen molar-refractivity contribution in [3.8, 4) is 0 Å². The Hall–Kier alpha value is -2.81. The molecule has 7 N–H and O–H groups in total. The molecule has 0 heterocycles. The van der Waals surface area contributed by atoms with Gasteiger partial charge < -0.3 is 31.3 Å². The number of rotatable bonds is 17. The van der Waals surface area contributed by atoms with Crippen molar-refractivity contribution < 1.29 is 49.5 Å². The number of carboxylic acids is 5. The van der Waals surface area contributed by atoms with Gasteiger partial charge in [-0.2, -0.15) is 0 Å². The maximum absolute atomic E-state index is 11.4. The van der Waals surface area contributed by atoms with E-state index < -0.39 is 62.1 Å². The van der Waals surface area contributed by atoms with E-state index in [1.807, 2.05) is 0 Å². The fraction of sp³-hybridized carbons (Fsp3) is 0.667. The molecule has 0 bridgehead atoms. The third kappa shape index (κ3) is 12.3. The van der Waals surface area contributed by atoms with Crippen molar-refractivity contribution >= 4 is 29.8 Å². The van der Waals surface area contributed by atoms with E-state index in [2.05, 4.69) is 0 Å². The fourth-order valence-corrected chi connectivity index (χ4v) is 2.56. The van der Waals surface area contributed by atoms with Crippen LogP contribution in [0.2, 0.25) is 0 Å². The first-order valence-corrected chi connectivity index (χ1v) is 8.45. The first-order chi connectivity index (χ1) is 13.5. The maximum Gasteiger partial charge on any atom is 0.322 e. The lowest BCUT2D eigenvalue weighted by Crippen LogP contribution is -2.52. The maximum atomic E-state index is 11.4. The van der Waals surface area contributed by atoms with E-state index >= 15 is 0 Å². The second kappa shape index (κ2) is 13.4. The number of nitrogens with zero attached hydrogens (tertiary/aromatic N) is 3. The molecule has 0 radical (unpaired) electrons. The summed E-state index contributed by atoms with van der Waals surface area (Å²) in [5, 5.41) is 44.8. The van der Waals surface area contributed by atoms with Crippen LogP contribution in [0.1, 0.15) is 0 Å². The van der Waals surface area contributed by atoms with Gasteiger partial charge in [-0.3, -0.25) is 38.7 Å². The highest BCUT2D eigenvalue weighted by atomic mass is 16.4. The molecule has 0 saturated carbocycles. The number of carboxylic acid groups (broad SMARTS) is 5. The molecule has 0 amide bonds. The number of hydrogen-bond donors (Lipinski definition) is 6. The van der Waals surface area contributed by atoms with Gasteiger partial charge in [-0.1, -0.05) is 0 Å². The molecule has 1 unspecified atom stereocenters. The topological polar surface area (TPSA) is 222 Å². The molecular weight excluding hydrogens is 396 g/mol. The van der Waals surface area contributed by atoms with Gasteiger partial charge in [0.05, 0.1) is 26.2 Å². The average Bonchev–Trinajstić information content (AvgIpc) is 2.54. The van der Waals surface area contributed by atoms with Crippen molar-refractivity contribution in [1.29, 1.82) is 0 Å². The Bertz CT molecular complexity index is 528. The van der Waals surface area contributed by atoms with Crippen molar-refractivity contribution in [2.75, 3.05) is 58.9 Å². The van der Waals surface area contributed by atoms with Crippen LogP contribution >= 0.6 is 0 Å². The van der Waals surface area contributed by atoms with Gasteiger partial charge >= 0.3 is 29.8 Å². The van der Waals surface area contributed by atoms with Gasteiger partial charge in [0.15, 0.2) is 0 Å². The van der Waals surface area contributed by atoms with Crippen LogP contribution in [0.25, 0.3) is 0 Å². The SMILES string of the molecule is NCC(C(=O)O)N(CCN(CC(=O)O)CC(=O)O)CCN(CC(=O)O)CC(=O)O. The van der Waals surface area contributed by atoms with Crippen LogP contribution in [0, 0.1) is 0 Å². The Morgan fingerprint density at radius 1 is 0.621 bits per heavy atom. The van der Waals surface area contributed by atoms with E-state index in [1.165, 1.54) is 4.90 Å². The number of nitrogens with two attached hydrogens (primary N) is 1. The molecule has 29 heavy (non-hydrogen) atoms. The summed E-state index contributed by atoms with van der Waals surface area (Å²) in [5.41, 5.74) is 5.48. The molecule has 0 aliphatic carbocycles. The minimum Gasteiger partial charge on any atom is -0.480 e. The smallest absolute Gasteiger partial charge is 0.322 e. The van der Waals surface area contributed by atoms with Gasteiger partial charge in [-0.25, -0.2) is 0 Å². The number of carbonyl (C=O) groups is 5. The summed E-state index contributed by atoms with van der Waals surface area (Å²) in [4.78, 5) is 58.4. The van der Waals surface area contributed by atoms with Gasteiger partial charge in [0.25, 0.3) is 0 Å². The molecule has 0 aromatic rings. The Labute approximate surface area is 165 Å². The summed E-state index contributed by atoms with van der Waals surface area (Å²) in [6.07, 6.45) is 0. The molecule has 14 heteroatoms. The largest absolute Gasteiger partial charge is 0.480 e. The van der Waals surface area contributed by atoms with E-state index in [1.54, 1.807) is 0 Å². The molecule has 0 aliphatic heterocycles. The zero-order valence-corrected chi connectivity index (χ0v) is 15.6. The Balaban J connectivity index is 5.23. The Kier molecular flexibility index (Phi) is 12.1. The number of aliphatic carboxylic acids is 5. The summed E-state index contributed by atoms with van der Waals surface area (Å²) in [6.45, 7) is -3.01. The summed E-state index contributed by atoms with van der Waals surface area (Å²) in [5.74, 6) is -6.33.